The SMILES string of the molecule is CC(=O)O[C@]1(C(=O)CO)[C@H](C)C[C@H]2C3C[C@H](F)C4=CC(=O)C=CC4(C)[C@@]3(F)[C@@H](O)CC21C. The maximum absolute atomic E-state index is 17.1. The van der Waals surface area contributed by atoms with Crippen LogP contribution in [0.25, 0.3) is 0 Å². The number of esters is 1. The maximum Gasteiger partial charge on any atom is 0.303 e. The van der Waals surface area contributed by atoms with E-state index in [0.29, 0.717) is 0 Å². The summed E-state index contributed by atoms with van der Waals surface area (Å²) >= 11 is 0. The maximum atomic E-state index is 17.1. The molecule has 0 aromatic rings. The summed E-state index contributed by atoms with van der Waals surface area (Å²) in [5.41, 5.74) is -6.74. The van der Waals surface area contributed by atoms with Gasteiger partial charge in [-0.3, -0.25) is 14.4 Å². The lowest BCUT2D eigenvalue weighted by Gasteiger charge is -2.63. The van der Waals surface area contributed by atoms with Crippen molar-refractivity contribution in [1.29, 1.82) is 0 Å². The zero-order valence-electron chi connectivity index (χ0n) is 18.7. The van der Waals surface area contributed by atoms with Crippen LogP contribution < -0.4 is 0 Å². The van der Waals surface area contributed by atoms with Crippen LogP contribution in [0.3, 0.4) is 0 Å². The Kier molecular flexibility index (Phi) is 5.11. The third-order valence-corrected chi connectivity index (χ3v) is 9.03. The number of ether oxygens (including phenoxy) is 1. The average molecular weight is 452 g/mol. The Balaban J connectivity index is 1.89. The van der Waals surface area contributed by atoms with Crippen molar-refractivity contribution < 1.29 is 38.1 Å². The first kappa shape index (κ1) is 23.2. The molecule has 3 fully saturated rings. The molecule has 0 amide bonds. The molecule has 0 radical (unpaired) electrons. The number of ketones is 2. The summed E-state index contributed by atoms with van der Waals surface area (Å²) in [6.07, 6.45) is 0.273. The highest BCUT2D eigenvalue weighted by Gasteiger charge is 2.77. The van der Waals surface area contributed by atoms with Crippen LogP contribution in [0.5, 0.6) is 0 Å². The number of allylic oxidation sites excluding steroid dienone is 4. The monoisotopic (exact) mass is 452 g/mol. The van der Waals surface area contributed by atoms with E-state index in [1.165, 1.54) is 19.1 Å². The largest absolute Gasteiger partial charge is 0.450 e. The van der Waals surface area contributed by atoms with Gasteiger partial charge < -0.3 is 14.9 Å². The molecule has 2 N–H and O–H groups in total. The van der Waals surface area contributed by atoms with Crippen LogP contribution >= 0.6 is 0 Å². The minimum absolute atomic E-state index is 0.0233. The smallest absolute Gasteiger partial charge is 0.303 e. The first-order valence-corrected chi connectivity index (χ1v) is 11.1. The summed E-state index contributed by atoms with van der Waals surface area (Å²) in [7, 11) is 0. The number of fused-ring (bicyclic) bond motifs is 5. The zero-order chi connectivity index (χ0) is 23.9. The summed E-state index contributed by atoms with van der Waals surface area (Å²) < 4.78 is 38.1. The van der Waals surface area contributed by atoms with Gasteiger partial charge in [-0.05, 0) is 49.8 Å². The lowest BCUT2D eigenvalue weighted by Crippen LogP contribution is -2.71. The number of hydrogen-bond donors (Lipinski definition) is 2. The van der Waals surface area contributed by atoms with E-state index >= 15 is 8.78 Å². The summed E-state index contributed by atoms with van der Waals surface area (Å²) in [5, 5.41) is 21.0. The number of rotatable bonds is 3. The molecule has 0 spiro atoms. The molecular formula is C24H30F2O6. The number of aliphatic hydroxyl groups is 2. The van der Waals surface area contributed by atoms with Crippen molar-refractivity contribution in [3.05, 3.63) is 23.8 Å². The van der Waals surface area contributed by atoms with E-state index in [-0.39, 0.29) is 24.8 Å². The molecule has 0 aromatic carbocycles. The minimum atomic E-state index is -2.28. The van der Waals surface area contributed by atoms with Gasteiger partial charge in [0.05, 0.1) is 6.10 Å². The van der Waals surface area contributed by atoms with Crippen LogP contribution in [0.4, 0.5) is 8.78 Å². The molecule has 0 heterocycles. The number of alkyl halides is 2. The third kappa shape index (κ3) is 2.54. The average Bonchev–Trinajstić information content (AvgIpc) is 2.92. The molecule has 3 unspecified atom stereocenters. The van der Waals surface area contributed by atoms with Crippen LogP contribution in [-0.2, 0) is 19.1 Å². The summed E-state index contributed by atoms with van der Waals surface area (Å²) in [5.74, 6) is -3.99. The van der Waals surface area contributed by atoms with E-state index in [4.69, 9.17) is 4.74 Å². The molecule has 0 aromatic heterocycles. The van der Waals surface area contributed by atoms with E-state index in [0.717, 1.165) is 13.0 Å². The third-order valence-electron chi connectivity index (χ3n) is 9.03. The highest BCUT2D eigenvalue weighted by atomic mass is 19.1. The number of aliphatic hydroxyl groups excluding tert-OH is 2. The molecule has 8 heteroatoms. The lowest BCUT2D eigenvalue weighted by molar-refractivity contribution is -0.231. The first-order valence-electron chi connectivity index (χ1n) is 11.1. The Bertz CT molecular complexity index is 945. The number of carbonyl (C=O) groups is 3. The van der Waals surface area contributed by atoms with Crippen molar-refractivity contribution in [3.63, 3.8) is 0 Å². The van der Waals surface area contributed by atoms with Gasteiger partial charge in [-0.15, -0.1) is 0 Å². The fraction of sp³-hybridized carbons (Fsp3) is 0.708. The Labute approximate surface area is 185 Å². The second-order valence-electron chi connectivity index (χ2n) is 10.4. The first-order chi connectivity index (χ1) is 14.8. The van der Waals surface area contributed by atoms with E-state index in [1.54, 1.807) is 13.8 Å². The lowest BCUT2D eigenvalue weighted by atomic mass is 9.44. The van der Waals surface area contributed by atoms with Crippen molar-refractivity contribution in [2.24, 2.45) is 28.6 Å². The molecule has 9 atom stereocenters. The zero-order valence-corrected chi connectivity index (χ0v) is 18.7. The van der Waals surface area contributed by atoms with Gasteiger partial charge in [0.1, 0.15) is 12.8 Å². The summed E-state index contributed by atoms with van der Waals surface area (Å²) in [6, 6.07) is 0. The van der Waals surface area contributed by atoms with Crippen molar-refractivity contribution in [1.82, 2.24) is 0 Å². The number of Topliss-reactive ketones (excluding diaryl/α,β-unsaturated/α-hetero) is 1. The topological polar surface area (TPSA) is 101 Å². The van der Waals surface area contributed by atoms with E-state index in [1.807, 2.05) is 0 Å². The summed E-state index contributed by atoms with van der Waals surface area (Å²) in [4.78, 5) is 37.0. The molecule has 4 rings (SSSR count). The standard InChI is InChI=1S/C24H30F2O6/c1-12-7-15-16-9-18(25)17-8-14(29)5-6-21(17,3)23(16,26)19(30)10-22(15,4)24(12,20(31)11-27)32-13(2)28/h5-6,8,12,15-16,18-19,27,30H,7,9-11H2,1-4H3/t12-,15+,16?,18+,19+,21?,22?,23+,24+/m1/s1. The molecule has 32 heavy (non-hydrogen) atoms. The quantitative estimate of drug-likeness (QED) is 0.638. The van der Waals surface area contributed by atoms with Gasteiger partial charge in [0.2, 0.25) is 5.78 Å². The van der Waals surface area contributed by atoms with Crippen LogP contribution in [0.15, 0.2) is 23.8 Å². The van der Waals surface area contributed by atoms with Crippen molar-refractivity contribution >= 4 is 17.5 Å². The molecule has 4 aliphatic carbocycles. The fourth-order valence-corrected chi connectivity index (χ4v) is 7.74. The Morgan fingerprint density at radius 1 is 1.25 bits per heavy atom. The molecule has 4 aliphatic rings. The molecular weight excluding hydrogens is 422 g/mol. The van der Waals surface area contributed by atoms with E-state index in [9.17, 15) is 24.6 Å². The van der Waals surface area contributed by atoms with Gasteiger partial charge in [0, 0.05) is 29.6 Å². The van der Waals surface area contributed by atoms with Crippen LogP contribution in [0, 0.1) is 28.6 Å². The van der Waals surface area contributed by atoms with Gasteiger partial charge in [-0.1, -0.05) is 19.9 Å². The Morgan fingerprint density at radius 3 is 2.50 bits per heavy atom. The van der Waals surface area contributed by atoms with Crippen LogP contribution in [0.1, 0.15) is 47.0 Å². The second kappa shape index (κ2) is 7.03. The van der Waals surface area contributed by atoms with Crippen molar-refractivity contribution in [2.45, 2.75) is 70.5 Å². The van der Waals surface area contributed by atoms with E-state index in [2.05, 4.69) is 0 Å². The molecule has 0 saturated heterocycles. The van der Waals surface area contributed by atoms with Gasteiger partial charge in [-0.2, -0.15) is 0 Å². The van der Waals surface area contributed by atoms with Gasteiger partial charge in [-0.25, -0.2) is 8.78 Å². The number of hydrogen-bond acceptors (Lipinski definition) is 6. The fourth-order valence-electron chi connectivity index (χ4n) is 7.74. The van der Waals surface area contributed by atoms with Crippen molar-refractivity contribution in [2.75, 3.05) is 6.61 Å². The number of carbonyl (C=O) groups excluding carboxylic acids is 3. The Hall–Kier alpha value is -1.93. The molecule has 3 saturated carbocycles. The molecule has 0 bridgehead atoms. The van der Waals surface area contributed by atoms with Crippen molar-refractivity contribution in [3.8, 4) is 0 Å². The molecule has 0 aliphatic heterocycles. The summed E-state index contributed by atoms with van der Waals surface area (Å²) in [6.45, 7) is 5.16. The van der Waals surface area contributed by atoms with Crippen LogP contribution in [-0.4, -0.2) is 57.9 Å². The molecule has 6 nitrogen and oxygen atoms in total. The predicted octanol–water partition coefficient (Wildman–Crippen LogP) is 2.41. The van der Waals surface area contributed by atoms with Gasteiger partial charge in [0.15, 0.2) is 17.1 Å². The van der Waals surface area contributed by atoms with E-state index < -0.39 is 76.3 Å². The Morgan fingerprint density at radius 2 is 1.91 bits per heavy atom. The van der Waals surface area contributed by atoms with Crippen LogP contribution in [0.2, 0.25) is 0 Å². The predicted molar refractivity (Wildman–Crippen MR) is 110 cm³/mol. The normalized spacial score (nSPS) is 49.6. The minimum Gasteiger partial charge on any atom is -0.450 e. The second-order valence-corrected chi connectivity index (χ2v) is 10.4. The highest BCUT2D eigenvalue weighted by molar-refractivity contribution is 6.01. The van der Waals surface area contributed by atoms with Gasteiger partial charge >= 0.3 is 5.97 Å². The molecule has 176 valence electrons. The van der Waals surface area contributed by atoms with Gasteiger partial charge in [0.25, 0.3) is 0 Å². The number of halogens is 2. The highest BCUT2D eigenvalue weighted by Crippen LogP contribution is 2.71.